The second kappa shape index (κ2) is 6.67. The fourth-order valence-corrected chi connectivity index (χ4v) is 2.68. The number of rotatable bonds is 6. The molecule has 0 unspecified atom stereocenters. The Hall–Kier alpha value is -1.66. The SMILES string of the molecule is CC(=O)CSc1nc2ccccc2c(=O)n1CCCO. The van der Waals surface area contributed by atoms with Crippen molar-refractivity contribution in [2.24, 2.45) is 0 Å². The molecule has 2 aromatic rings. The standard InChI is InChI=1S/C14H16N2O3S/c1-10(18)9-20-14-15-12-6-3-2-5-11(12)13(19)16(14)7-4-8-17/h2-3,5-6,17H,4,7-9H2,1H3. The summed E-state index contributed by atoms with van der Waals surface area (Å²) in [6.45, 7) is 1.91. The maximum absolute atomic E-state index is 12.4. The van der Waals surface area contributed by atoms with E-state index >= 15 is 0 Å². The zero-order valence-electron chi connectivity index (χ0n) is 11.2. The van der Waals surface area contributed by atoms with Crippen molar-refractivity contribution in [1.82, 2.24) is 9.55 Å². The third kappa shape index (κ3) is 3.26. The van der Waals surface area contributed by atoms with Gasteiger partial charge >= 0.3 is 0 Å². The van der Waals surface area contributed by atoms with Crippen LogP contribution in [0, 0.1) is 0 Å². The Bertz CT molecular complexity index is 682. The number of benzene rings is 1. The van der Waals surface area contributed by atoms with Gasteiger partial charge in [0, 0.05) is 13.2 Å². The van der Waals surface area contributed by atoms with E-state index in [1.165, 1.54) is 23.3 Å². The molecule has 106 valence electrons. The topological polar surface area (TPSA) is 72.2 Å². The smallest absolute Gasteiger partial charge is 0.262 e. The van der Waals surface area contributed by atoms with Crippen LogP contribution >= 0.6 is 11.8 Å². The summed E-state index contributed by atoms with van der Waals surface area (Å²) in [7, 11) is 0. The second-order valence-electron chi connectivity index (χ2n) is 4.44. The zero-order chi connectivity index (χ0) is 14.5. The number of fused-ring (bicyclic) bond motifs is 1. The van der Waals surface area contributed by atoms with Crippen LogP contribution in [0.1, 0.15) is 13.3 Å². The van der Waals surface area contributed by atoms with Gasteiger partial charge in [-0.25, -0.2) is 4.98 Å². The van der Waals surface area contributed by atoms with Gasteiger partial charge < -0.3 is 5.11 Å². The Labute approximate surface area is 120 Å². The van der Waals surface area contributed by atoms with Crippen LogP contribution < -0.4 is 5.56 Å². The van der Waals surface area contributed by atoms with Gasteiger partial charge in [0.2, 0.25) is 0 Å². The molecule has 0 aliphatic heterocycles. The molecule has 0 saturated carbocycles. The van der Waals surface area contributed by atoms with Gasteiger partial charge in [-0.15, -0.1) is 0 Å². The first-order valence-corrected chi connectivity index (χ1v) is 7.34. The minimum Gasteiger partial charge on any atom is -0.396 e. The monoisotopic (exact) mass is 292 g/mol. The van der Waals surface area contributed by atoms with Crippen molar-refractivity contribution in [2.75, 3.05) is 12.4 Å². The normalized spacial score (nSPS) is 10.9. The fourth-order valence-electron chi connectivity index (χ4n) is 1.85. The fraction of sp³-hybridized carbons (Fsp3) is 0.357. The van der Waals surface area contributed by atoms with Crippen molar-refractivity contribution < 1.29 is 9.90 Å². The lowest BCUT2D eigenvalue weighted by Crippen LogP contribution is -2.24. The molecule has 0 bridgehead atoms. The maximum atomic E-state index is 12.4. The molecule has 20 heavy (non-hydrogen) atoms. The number of hydrogen-bond donors (Lipinski definition) is 1. The number of ketones is 1. The van der Waals surface area contributed by atoms with Gasteiger partial charge in [0.15, 0.2) is 5.16 Å². The van der Waals surface area contributed by atoms with E-state index in [9.17, 15) is 9.59 Å². The van der Waals surface area contributed by atoms with Gasteiger partial charge in [0.05, 0.1) is 16.7 Å². The van der Waals surface area contributed by atoms with Gasteiger partial charge in [-0.2, -0.15) is 0 Å². The molecule has 0 fully saturated rings. The highest BCUT2D eigenvalue weighted by Crippen LogP contribution is 2.18. The van der Waals surface area contributed by atoms with Crippen LogP contribution in [0.4, 0.5) is 0 Å². The number of aliphatic hydroxyl groups is 1. The summed E-state index contributed by atoms with van der Waals surface area (Å²) in [4.78, 5) is 28.0. The summed E-state index contributed by atoms with van der Waals surface area (Å²) < 4.78 is 1.53. The van der Waals surface area contributed by atoms with E-state index in [4.69, 9.17) is 5.11 Å². The van der Waals surface area contributed by atoms with Crippen LogP contribution in [0.5, 0.6) is 0 Å². The van der Waals surface area contributed by atoms with Crippen molar-refractivity contribution in [1.29, 1.82) is 0 Å². The molecule has 0 atom stereocenters. The van der Waals surface area contributed by atoms with Crippen LogP contribution in [-0.2, 0) is 11.3 Å². The number of aliphatic hydroxyl groups excluding tert-OH is 1. The molecule has 0 aliphatic carbocycles. The zero-order valence-corrected chi connectivity index (χ0v) is 12.0. The molecular formula is C14H16N2O3S. The maximum Gasteiger partial charge on any atom is 0.262 e. The number of hydrogen-bond acceptors (Lipinski definition) is 5. The summed E-state index contributed by atoms with van der Waals surface area (Å²) in [6, 6.07) is 7.14. The highest BCUT2D eigenvalue weighted by Gasteiger charge is 2.11. The van der Waals surface area contributed by atoms with Gasteiger partial charge in [0.25, 0.3) is 5.56 Å². The van der Waals surface area contributed by atoms with E-state index in [1.54, 1.807) is 18.2 Å². The molecule has 0 saturated heterocycles. The molecule has 1 aromatic heterocycles. The first kappa shape index (κ1) is 14.7. The number of carbonyl (C=O) groups is 1. The van der Waals surface area contributed by atoms with E-state index in [-0.39, 0.29) is 23.7 Å². The van der Waals surface area contributed by atoms with Gasteiger partial charge in [-0.1, -0.05) is 23.9 Å². The van der Waals surface area contributed by atoms with E-state index < -0.39 is 0 Å². The Morgan fingerprint density at radius 2 is 2.15 bits per heavy atom. The minimum atomic E-state index is -0.130. The first-order chi connectivity index (χ1) is 9.63. The molecule has 1 aromatic carbocycles. The summed E-state index contributed by atoms with van der Waals surface area (Å²) in [6.07, 6.45) is 0.480. The lowest BCUT2D eigenvalue weighted by atomic mass is 10.2. The van der Waals surface area contributed by atoms with Crippen LogP contribution in [0.15, 0.2) is 34.2 Å². The van der Waals surface area contributed by atoms with Crippen molar-refractivity contribution in [3.05, 3.63) is 34.6 Å². The predicted octanol–water partition coefficient (Wildman–Crippen LogP) is 1.46. The largest absolute Gasteiger partial charge is 0.396 e. The lowest BCUT2D eigenvalue weighted by molar-refractivity contribution is -0.114. The minimum absolute atomic E-state index is 0.0100. The van der Waals surface area contributed by atoms with Crippen LogP contribution in [0.2, 0.25) is 0 Å². The van der Waals surface area contributed by atoms with Crippen LogP contribution in [-0.4, -0.2) is 32.8 Å². The Morgan fingerprint density at radius 3 is 2.85 bits per heavy atom. The summed E-state index contributed by atoms with van der Waals surface area (Å²) >= 11 is 1.26. The van der Waals surface area contributed by atoms with Crippen molar-refractivity contribution >= 4 is 28.4 Å². The summed E-state index contributed by atoms with van der Waals surface area (Å²) in [5.41, 5.74) is 0.499. The molecule has 0 spiro atoms. The number of thioether (sulfide) groups is 1. The van der Waals surface area contributed by atoms with Gasteiger partial charge in [-0.05, 0) is 25.5 Å². The second-order valence-corrected chi connectivity index (χ2v) is 5.38. The van der Waals surface area contributed by atoms with Crippen molar-refractivity contribution in [3.63, 3.8) is 0 Å². The predicted molar refractivity (Wildman–Crippen MR) is 79.1 cm³/mol. The molecule has 5 nitrogen and oxygen atoms in total. The van der Waals surface area contributed by atoms with E-state index in [1.807, 2.05) is 6.07 Å². The first-order valence-electron chi connectivity index (χ1n) is 6.36. The van der Waals surface area contributed by atoms with Crippen molar-refractivity contribution in [3.8, 4) is 0 Å². The Morgan fingerprint density at radius 1 is 1.40 bits per heavy atom. The van der Waals surface area contributed by atoms with Crippen LogP contribution in [0.25, 0.3) is 10.9 Å². The highest BCUT2D eigenvalue weighted by atomic mass is 32.2. The molecular weight excluding hydrogens is 276 g/mol. The summed E-state index contributed by atoms with van der Waals surface area (Å²) in [5.74, 6) is 0.315. The lowest BCUT2D eigenvalue weighted by Gasteiger charge is -2.11. The number of aromatic nitrogens is 2. The molecule has 0 amide bonds. The van der Waals surface area contributed by atoms with E-state index in [0.29, 0.717) is 29.0 Å². The molecule has 1 N–H and O–H groups in total. The van der Waals surface area contributed by atoms with Gasteiger partial charge in [-0.3, -0.25) is 14.2 Å². The van der Waals surface area contributed by atoms with E-state index in [0.717, 1.165) is 0 Å². The quantitative estimate of drug-likeness (QED) is 0.644. The van der Waals surface area contributed by atoms with E-state index in [2.05, 4.69) is 4.98 Å². The third-order valence-corrected chi connectivity index (χ3v) is 3.89. The van der Waals surface area contributed by atoms with Gasteiger partial charge in [0.1, 0.15) is 5.78 Å². The molecule has 6 heteroatoms. The average Bonchev–Trinajstić information content (AvgIpc) is 2.44. The highest BCUT2D eigenvalue weighted by molar-refractivity contribution is 7.99. The number of nitrogens with zero attached hydrogens (tertiary/aromatic N) is 2. The third-order valence-electron chi connectivity index (χ3n) is 2.77. The molecule has 1 heterocycles. The Balaban J connectivity index is 2.51. The Kier molecular flexibility index (Phi) is 4.92. The average molecular weight is 292 g/mol. The number of carbonyl (C=O) groups excluding carboxylic acids is 1. The van der Waals surface area contributed by atoms with Crippen LogP contribution in [0.3, 0.4) is 0 Å². The molecule has 2 rings (SSSR count). The number of para-hydroxylation sites is 1. The number of Topliss-reactive ketones (excluding diaryl/α,β-unsaturated/α-hetero) is 1. The van der Waals surface area contributed by atoms with Crippen molar-refractivity contribution in [2.45, 2.75) is 25.0 Å². The molecule has 0 aliphatic rings. The molecule has 0 radical (unpaired) electrons. The summed E-state index contributed by atoms with van der Waals surface area (Å²) in [5, 5.41) is 10.0.